The number of benzene rings is 2. The molecule has 0 saturated carbocycles. The van der Waals surface area contributed by atoms with Crippen LogP contribution in [0.15, 0.2) is 36.4 Å². The summed E-state index contributed by atoms with van der Waals surface area (Å²) in [5.41, 5.74) is 4.01. The summed E-state index contributed by atoms with van der Waals surface area (Å²) in [6.45, 7) is 7.11. The second-order valence-corrected chi connectivity index (χ2v) is 7.89. The Bertz CT molecular complexity index is 990. The molecule has 3 aromatic rings. The second-order valence-electron chi connectivity index (χ2n) is 6.91. The van der Waals surface area contributed by atoms with E-state index in [0.29, 0.717) is 13.1 Å². The average molecular weight is 382 g/mol. The molecular weight excluding hydrogens is 358 g/mol. The van der Waals surface area contributed by atoms with Gasteiger partial charge in [0.15, 0.2) is 5.13 Å². The van der Waals surface area contributed by atoms with E-state index in [9.17, 15) is 4.79 Å². The van der Waals surface area contributed by atoms with Crippen molar-refractivity contribution in [3.05, 3.63) is 53.1 Å². The van der Waals surface area contributed by atoms with Crippen LogP contribution in [-0.2, 0) is 0 Å². The maximum Gasteiger partial charge on any atom is 0.253 e. The predicted octanol–water partition coefficient (Wildman–Crippen LogP) is 3.88. The first kappa shape index (κ1) is 17.8. The van der Waals surface area contributed by atoms with Crippen molar-refractivity contribution < 1.29 is 9.53 Å². The van der Waals surface area contributed by atoms with Crippen LogP contribution >= 0.6 is 11.3 Å². The molecule has 1 amide bonds. The number of carbonyl (C=O) groups excluding carboxylic acids is 1. The van der Waals surface area contributed by atoms with Crippen LogP contribution < -0.4 is 9.64 Å². The van der Waals surface area contributed by atoms with E-state index in [-0.39, 0.29) is 5.91 Å². The summed E-state index contributed by atoms with van der Waals surface area (Å²) in [5.74, 6) is 0.923. The quantitative estimate of drug-likeness (QED) is 0.691. The molecule has 1 fully saturated rings. The van der Waals surface area contributed by atoms with Crippen molar-refractivity contribution in [3.63, 3.8) is 0 Å². The minimum Gasteiger partial charge on any atom is -0.494 e. The van der Waals surface area contributed by atoms with Gasteiger partial charge in [-0.2, -0.15) is 0 Å². The fraction of sp³-hybridized carbons (Fsp3) is 0.333. The minimum absolute atomic E-state index is 0.111. The number of piperazine rings is 1. The van der Waals surface area contributed by atoms with Gasteiger partial charge in [0.25, 0.3) is 5.91 Å². The van der Waals surface area contributed by atoms with Gasteiger partial charge in [-0.3, -0.25) is 4.79 Å². The molecular formula is C21H23N3O2S. The van der Waals surface area contributed by atoms with E-state index in [1.54, 1.807) is 18.4 Å². The third-order valence-corrected chi connectivity index (χ3v) is 6.27. The van der Waals surface area contributed by atoms with Crippen molar-refractivity contribution in [3.8, 4) is 5.75 Å². The molecule has 0 unspecified atom stereocenters. The highest BCUT2D eigenvalue weighted by molar-refractivity contribution is 7.22. The minimum atomic E-state index is 0.111. The number of ether oxygens (including phenoxy) is 1. The smallest absolute Gasteiger partial charge is 0.253 e. The molecule has 27 heavy (non-hydrogen) atoms. The van der Waals surface area contributed by atoms with E-state index in [1.807, 2.05) is 42.2 Å². The maximum atomic E-state index is 12.7. The number of hydrogen-bond donors (Lipinski definition) is 0. The number of rotatable bonds is 3. The molecule has 4 rings (SSSR count). The van der Waals surface area contributed by atoms with E-state index in [0.717, 1.165) is 40.6 Å². The number of carbonyl (C=O) groups is 1. The summed E-state index contributed by atoms with van der Waals surface area (Å²) in [7, 11) is 1.68. The molecule has 0 radical (unpaired) electrons. The van der Waals surface area contributed by atoms with Crippen molar-refractivity contribution >= 4 is 32.6 Å². The Kier molecular flexibility index (Phi) is 4.74. The van der Waals surface area contributed by atoms with Crippen LogP contribution in [-0.4, -0.2) is 49.1 Å². The highest BCUT2D eigenvalue weighted by Crippen LogP contribution is 2.36. The van der Waals surface area contributed by atoms with Gasteiger partial charge in [-0.05, 0) is 37.6 Å². The molecule has 6 heteroatoms. The van der Waals surface area contributed by atoms with Crippen molar-refractivity contribution in [1.29, 1.82) is 0 Å². The van der Waals surface area contributed by atoms with Crippen LogP contribution in [0.3, 0.4) is 0 Å². The molecule has 0 spiro atoms. The zero-order valence-electron chi connectivity index (χ0n) is 15.9. The monoisotopic (exact) mass is 381 g/mol. The average Bonchev–Trinajstić information content (AvgIpc) is 3.14. The number of methoxy groups -OCH3 is 1. The van der Waals surface area contributed by atoms with Crippen LogP contribution in [0.25, 0.3) is 10.2 Å². The largest absolute Gasteiger partial charge is 0.494 e. The van der Waals surface area contributed by atoms with Gasteiger partial charge in [0.05, 0.1) is 11.8 Å². The zero-order chi connectivity index (χ0) is 19.0. The van der Waals surface area contributed by atoms with Gasteiger partial charge >= 0.3 is 0 Å². The Morgan fingerprint density at radius 2 is 1.89 bits per heavy atom. The van der Waals surface area contributed by atoms with Crippen LogP contribution in [0, 0.1) is 13.8 Å². The van der Waals surface area contributed by atoms with Crippen LogP contribution in [0.4, 0.5) is 5.13 Å². The Labute approximate surface area is 163 Å². The van der Waals surface area contributed by atoms with Crippen molar-refractivity contribution in [2.45, 2.75) is 13.8 Å². The molecule has 5 nitrogen and oxygen atoms in total. The lowest BCUT2D eigenvalue weighted by Gasteiger charge is -2.34. The lowest BCUT2D eigenvalue weighted by Crippen LogP contribution is -2.48. The predicted molar refractivity (Wildman–Crippen MR) is 110 cm³/mol. The first-order valence-corrected chi connectivity index (χ1v) is 9.93. The van der Waals surface area contributed by atoms with Gasteiger partial charge in [0, 0.05) is 31.7 Å². The highest BCUT2D eigenvalue weighted by atomic mass is 32.1. The second kappa shape index (κ2) is 7.19. The first-order chi connectivity index (χ1) is 13.1. The summed E-state index contributed by atoms with van der Waals surface area (Å²) in [6, 6.07) is 11.8. The number of aryl methyl sites for hydroxylation is 2. The fourth-order valence-electron chi connectivity index (χ4n) is 3.46. The summed E-state index contributed by atoms with van der Waals surface area (Å²) in [6.07, 6.45) is 0. The molecule has 0 bridgehead atoms. The van der Waals surface area contributed by atoms with Crippen molar-refractivity contribution in [2.75, 3.05) is 38.2 Å². The Morgan fingerprint density at radius 3 is 2.59 bits per heavy atom. The Balaban J connectivity index is 1.50. The summed E-state index contributed by atoms with van der Waals surface area (Å²) in [4.78, 5) is 21.8. The lowest BCUT2D eigenvalue weighted by atomic mass is 10.1. The molecule has 1 aromatic heterocycles. The molecule has 2 aromatic carbocycles. The van der Waals surface area contributed by atoms with Crippen LogP contribution in [0.2, 0.25) is 0 Å². The number of fused-ring (bicyclic) bond motifs is 1. The summed E-state index contributed by atoms with van der Waals surface area (Å²) < 4.78 is 6.63. The number of amides is 1. The summed E-state index contributed by atoms with van der Waals surface area (Å²) >= 11 is 1.70. The summed E-state index contributed by atoms with van der Waals surface area (Å²) in [5, 5.41) is 1.00. The highest BCUT2D eigenvalue weighted by Gasteiger charge is 2.24. The number of aromatic nitrogens is 1. The molecule has 1 aliphatic rings. The van der Waals surface area contributed by atoms with Crippen molar-refractivity contribution in [2.24, 2.45) is 0 Å². The molecule has 0 aliphatic carbocycles. The third-order valence-electron chi connectivity index (χ3n) is 5.01. The van der Waals surface area contributed by atoms with Crippen LogP contribution in [0.5, 0.6) is 5.75 Å². The Morgan fingerprint density at radius 1 is 1.11 bits per heavy atom. The number of anilines is 1. The van der Waals surface area contributed by atoms with Gasteiger partial charge < -0.3 is 14.5 Å². The van der Waals surface area contributed by atoms with Gasteiger partial charge in [-0.15, -0.1) is 0 Å². The standard InChI is InChI=1S/C21H23N3O2S/c1-14-5-4-6-16(13-14)20(25)23-9-11-24(12-10-23)21-22-18-17(26-3)8-7-15(2)19(18)27-21/h4-8,13H,9-12H2,1-3H3. The maximum absolute atomic E-state index is 12.7. The SMILES string of the molecule is COc1ccc(C)c2sc(N3CCN(C(=O)c4cccc(C)c4)CC3)nc12. The van der Waals surface area contributed by atoms with E-state index in [4.69, 9.17) is 9.72 Å². The van der Waals surface area contributed by atoms with Gasteiger partial charge in [-0.25, -0.2) is 4.98 Å². The normalized spacial score (nSPS) is 14.6. The number of nitrogens with zero attached hydrogens (tertiary/aromatic N) is 3. The van der Waals surface area contributed by atoms with E-state index in [1.165, 1.54) is 10.3 Å². The van der Waals surface area contributed by atoms with Gasteiger partial charge in [0.2, 0.25) is 0 Å². The number of thiazole rings is 1. The van der Waals surface area contributed by atoms with Crippen molar-refractivity contribution in [1.82, 2.24) is 9.88 Å². The molecule has 0 N–H and O–H groups in total. The Hall–Kier alpha value is -2.60. The first-order valence-electron chi connectivity index (χ1n) is 9.12. The van der Waals surface area contributed by atoms with E-state index in [2.05, 4.69) is 17.9 Å². The van der Waals surface area contributed by atoms with Gasteiger partial charge in [0.1, 0.15) is 11.3 Å². The lowest BCUT2D eigenvalue weighted by molar-refractivity contribution is 0.0746. The number of hydrogen-bond acceptors (Lipinski definition) is 5. The zero-order valence-corrected chi connectivity index (χ0v) is 16.7. The molecule has 1 saturated heterocycles. The molecule has 2 heterocycles. The van der Waals surface area contributed by atoms with E-state index < -0.39 is 0 Å². The van der Waals surface area contributed by atoms with E-state index >= 15 is 0 Å². The molecule has 1 aliphatic heterocycles. The van der Waals surface area contributed by atoms with Gasteiger partial charge in [-0.1, -0.05) is 35.1 Å². The molecule has 140 valence electrons. The molecule has 0 atom stereocenters. The third kappa shape index (κ3) is 3.37. The fourth-order valence-corrected chi connectivity index (χ4v) is 4.56. The van der Waals surface area contributed by atoms with Crippen LogP contribution in [0.1, 0.15) is 21.5 Å². The topological polar surface area (TPSA) is 45.7 Å².